The van der Waals surface area contributed by atoms with Crippen molar-refractivity contribution in [2.75, 3.05) is 0 Å². The van der Waals surface area contributed by atoms with E-state index in [1.807, 2.05) is 54.6 Å². The van der Waals surface area contributed by atoms with E-state index in [9.17, 15) is 4.79 Å². The molecule has 0 radical (unpaired) electrons. The Hall–Kier alpha value is -2.57. The zero-order valence-electron chi connectivity index (χ0n) is 11.1. The normalized spacial score (nSPS) is 9.45. The Labute approximate surface area is 118 Å². The molecule has 0 aliphatic heterocycles. The molecule has 0 aromatic heterocycles. The molecule has 100 valence electrons. The topological polar surface area (TPSA) is 55.1 Å². The second-order valence-electron chi connectivity index (χ2n) is 4.32. The number of hydrogen-bond donors (Lipinski definition) is 2. The van der Waals surface area contributed by atoms with Crippen molar-refractivity contribution in [1.29, 1.82) is 0 Å². The summed E-state index contributed by atoms with van der Waals surface area (Å²) in [4.78, 5) is 11.6. The van der Waals surface area contributed by atoms with Crippen LogP contribution in [-0.4, -0.2) is 5.91 Å². The predicted octanol–water partition coefficient (Wildman–Crippen LogP) is 1.81. The molecular formula is C17H16N2O. The molecule has 0 bridgehead atoms. The fourth-order valence-electron chi connectivity index (χ4n) is 1.67. The monoisotopic (exact) mass is 264 g/mol. The van der Waals surface area contributed by atoms with Gasteiger partial charge in [-0.15, -0.1) is 0 Å². The van der Waals surface area contributed by atoms with Crippen LogP contribution >= 0.6 is 0 Å². The zero-order valence-corrected chi connectivity index (χ0v) is 11.1. The molecule has 0 spiro atoms. The fourth-order valence-corrected chi connectivity index (χ4v) is 1.67. The van der Waals surface area contributed by atoms with E-state index < -0.39 is 0 Å². The third kappa shape index (κ3) is 4.27. The predicted molar refractivity (Wildman–Crippen MR) is 79.5 cm³/mol. The standard InChI is InChI=1S/C17H16N2O/c18-12-15-6-8-16(9-7-15)13-19-17(20)11-10-14-4-2-1-3-5-14/h1-9H,12-13,18H2,(H,19,20). The Bertz CT molecular complexity index is 622. The van der Waals surface area contributed by atoms with E-state index in [1.54, 1.807) is 0 Å². The molecule has 0 unspecified atom stereocenters. The molecule has 1 amide bonds. The van der Waals surface area contributed by atoms with Crippen molar-refractivity contribution in [3.63, 3.8) is 0 Å². The van der Waals surface area contributed by atoms with Gasteiger partial charge in [0.05, 0.1) is 0 Å². The SMILES string of the molecule is NCc1ccc(CNC(=O)C#Cc2ccccc2)cc1. The van der Waals surface area contributed by atoms with Gasteiger partial charge in [0.1, 0.15) is 0 Å². The van der Waals surface area contributed by atoms with Gasteiger partial charge in [0.25, 0.3) is 5.91 Å². The Balaban J connectivity index is 1.87. The second kappa shape index (κ2) is 7.13. The summed E-state index contributed by atoms with van der Waals surface area (Å²) >= 11 is 0. The lowest BCUT2D eigenvalue weighted by Crippen LogP contribution is -2.20. The zero-order chi connectivity index (χ0) is 14.2. The van der Waals surface area contributed by atoms with E-state index in [0.29, 0.717) is 13.1 Å². The quantitative estimate of drug-likeness (QED) is 0.831. The molecular weight excluding hydrogens is 248 g/mol. The summed E-state index contributed by atoms with van der Waals surface area (Å²) in [6.45, 7) is 0.988. The molecule has 0 heterocycles. The van der Waals surface area contributed by atoms with Gasteiger partial charge in [-0.1, -0.05) is 48.4 Å². The van der Waals surface area contributed by atoms with E-state index in [-0.39, 0.29) is 5.91 Å². The molecule has 20 heavy (non-hydrogen) atoms. The van der Waals surface area contributed by atoms with Crippen LogP contribution in [0.1, 0.15) is 16.7 Å². The van der Waals surface area contributed by atoms with Crippen LogP contribution in [0.25, 0.3) is 0 Å². The first kappa shape index (κ1) is 13.9. The minimum absolute atomic E-state index is 0.281. The molecule has 2 rings (SSSR count). The molecule has 2 aromatic rings. The third-order valence-electron chi connectivity index (χ3n) is 2.81. The molecule has 2 aromatic carbocycles. The first-order chi connectivity index (χ1) is 9.78. The largest absolute Gasteiger partial charge is 0.341 e. The first-order valence-electron chi connectivity index (χ1n) is 6.41. The fraction of sp³-hybridized carbons (Fsp3) is 0.118. The van der Waals surface area contributed by atoms with Gasteiger partial charge in [-0.3, -0.25) is 4.79 Å². The maximum Gasteiger partial charge on any atom is 0.296 e. The average molecular weight is 264 g/mol. The summed E-state index contributed by atoms with van der Waals surface area (Å²) < 4.78 is 0. The van der Waals surface area contributed by atoms with E-state index in [1.165, 1.54) is 0 Å². The number of amides is 1. The lowest BCUT2D eigenvalue weighted by molar-refractivity contribution is -0.115. The molecule has 3 nitrogen and oxygen atoms in total. The van der Waals surface area contributed by atoms with Crippen LogP contribution in [0.3, 0.4) is 0 Å². The number of hydrogen-bond acceptors (Lipinski definition) is 2. The lowest BCUT2D eigenvalue weighted by atomic mass is 10.1. The van der Waals surface area contributed by atoms with Crippen LogP contribution in [0.15, 0.2) is 54.6 Å². The van der Waals surface area contributed by atoms with Crippen LogP contribution in [0, 0.1) is 11.8 Å². The second-order valence-corrected chi connectivity index (χ2v) is 4.32. The number of nitrogens with one attached hydrogen (secondary N) is 1. The van der Waals surface area contributed by atoms with Gasteiger partial charge in [0.2, 0.25) is 0 Å². The highest BCUT2D eigenvalue weighted by molar-refractivity contribution is 5.94. The third-order valence-corrected chi connectivity index (χ3v) is 2.81. The maximum atomic E-state index is 11.6. The summed E-state index contributed by atoms with van der Waals surface area (Å²) in [5.41, 5.74) is 8.46. The van der Waals surface area contributed by atoms with Crippen LogP contribution in [0.2, 0.25) is 0 Å². The number of benzene rings is 2. The molecule has 0 aliphatic rings. The van der Waals surface area contributed by atoms with Crippen LogP contribution in [0.4, 0.5) is 0 Å². The van der Waals surface area contributed by atoms with Gasteiger partial charge in [-0.25, -0.2) is 0 Å². The number of nitrogens with two attached hydrogens (primary N) is 1. The smallest absolute Gasteiger partial charge is 0.296 e. The number of carbonyl (C=O) groups excluding carboxylic acids is 1. The molecule has 0 aliphatic carbocycles. The van der Waals surface area contributed by atoms with Gasteiger partial charge < -0.3 is 11.1 Å². The number of carbonyl (C=O) groups is 1. The minimum Gasteiger partial charge on any atom is -0.341 e. The molecule has 0 saturated heterocycles. The Morgan fingerprint density at radius 2 is 1.65 bits per heavy atom. The van der Waals surface area contributed by atoms with Gasteiger partial charge >= 0.3 is 0 Å². The van der Waals surface area contributed by atoms with Gasteiger partial charge in [0, 0.05) is 24.6 Å². The van der Waals surface area contributed by atoms with Crippen molar-refractivity contribution >= 4 is 5.91 Å². The van der Waals surface area contributed by atoms with Crippen molar-refractivity contribution in [3.05, 3.63) is 71.3 Å². The van der Waals surface area contributed by atoms with Crippen LogP contribution in [-0.2, 0) is 17.9 Å². The van der Waals surface area contributed by atoms with Crippen molar-refractivity contribution < 1.29 is 4.79 Å². The van der Waals surface area contributed by atoms with E-state index >= 15 is 0 Å². The van der Waals surface area contributed by atoms with Gasteiger partial charge in [0.15, 0.2) is 0 Å². The molecule has 0 fully saturated rings. The van der Waals surface area contributed by atoms with Crippen molar-refractivity contribution in [2.24, 2.45) is 5.73 Å². The highest BCUT2D eigenvalue weighted by Gasteiger charge is 1.97. The highest BCUT2D eigenvalue weighted by atomic mass is 16.1. The summed E-state index contributed by atoms with van der Waals surface area (Å²) in [6, 6.07) is 17.2. The minimum atomic E-state index is -0.281. The molecule has 3 N–H and O–H groups in total. The summed E-state index contributed by atoms with van der Waals surface area (Å²) in [5, 5.41) is 2.76. The summed E-state index contributed by atoms with van der Waals surface area (Å²) in [5.74, 6) is 5.11. The van der Waals surface area contributed by atoms with Crippen LogP contribution < -0.4 is 11.1 Å². The van der Waals surface area contributed by atoms with E-state index in [2.05, 4.69) is 17.2 Å². The molecule has 0 saturated carbocycles. The van der Waals surface area contributed by atoms with E-state index in [0.717, 1.165) is 16.7 Å². The molecule has 3 heteroatoms. The maximum absolute atomic E-state index is 11.6. The van der Waals surface area contributed by atoms with Gasteiger partial charge in [-0.2, -0.15) is 0 Å². The summed E-state index contributed by atoms with van der Waals surface area (Å²) in [7, 11) is 0. The lowest BCUT2D eigenvalue weighted by Gasteiger charge is -2.02. The Morgan fingerprint density at radius 1 is 1.00 bits per heavy atom. The van der Waals surface area contributed by atoms with Crippen LogP contribution in [0.5, 0.6) is 0 Å². The first-order valence-corrected chi connectivity index (χ1v) is 6.41. The average Bonchev–Trinajstić information content (AvgIpc) is 2.52. The Kier molecular flexibility index (Phi) is 4.94. The van der Waals surface area contributed by atoms with Crippen molar-refractivity contribution in [2.45, 2.75) is 13.1 Å². The van der Waals surface area contributed by atoms with Gasteiger partial charge in [-0.05, 0) is 23.3 Å². The number of rotatable bonds is 3. The highest BCUT2D eigenvalue weighted by Crippen LogP contribution is 2.03. The summed E-state index contributed by atoms with van der Waals surface area (Å²) in [6.07, 6.45) is 0. The van der Waals surface area contributed by atoms with Crippen molar-refractivity contribution in [1.82, 2.24) is 5.32 Å². The Morgan fingerprint density at radius 3 is 2.30 bits per heavy atom. The van der Waals surface area contributed by atoms with E-state index in [4.69, 9.17) is 5.73 Å². The molecule has 0 atom stereocenters. The van der Waals surface area contributed by atoms with Crippen molar-refractivity contribution in [3.8, 4) is 11.8 Å².